The Kier molecular flexibility index (Phi) is 21.5. The zero-order valence-electron chi connectivity index (χ0n) is 14.6. The monoisotopic (exact) mass is 338 g/mol. The van der Waals surface area contributed by atoms with Gasteiger partial charge in [0, 0.05) is 6.61 Å². The third-order valence-electron chi connectivity index (χ3n) is 3.67. The van der Waals surface area contributed by atoms with Gasteiger partial charge in [0.2, 0.25) is 0 Å². The van der Waals surface area contributed by atoms with Gasteiger partial charge in [-0.2, -0.15) is 0 Å². The van der Waals surface area contributed by atoms with Gasteiger partial charge in [0.1, 0.15) is 18.3 Å². The van der Waals surface area contributed by atoms with Gasteiger partial charge in [-0.25, -0.2) is 0 Å². The molecule has 0 aromatic carbocycles. The average Bonchev–Trinajstić information content (AvgIpc) is 2.58. The van der Waals surface area contributed by atoms with Crippen molar-refractivity contribution in [3.63, 3.8) is 0 Å². The molecule has 0 aliphatic heterocycles. The van der Waals surface area contributed by atoms with E-state index in [1.807, 2.05) is 0 Å². The molecule has 0 aliphatic rings. The van der Waals surface area contributed by atoms with Crippen LogP contribution < -0.4 is 0 Å². The smallest absolute Gasteiger partial charge is 0.110 e. The van der Waals surface area contributed by atoms with Gasteiger partial charge in [-0.1, -0.05) is 64.7 Å². The van der Waals surface area contributed by atoms with Gasteiger partial charge in [-0.3, -0.25) is 0 Å². The number of aliphatic hydroxyl groups excluding tert-OH is 6. The second kappa shape index (κ2) is 19.8. The Labute approximate surface area is 140 Å². The summed E-state index contributed by atoms with van der Waals surface area (Å²) in [5.74, 6) is 0. The van der Waals surface area contributed by atoms with Gasteiger partial charge in [0.25, 0.3) is 0 Å². The summed E-state index contributed by atoms with van der Waals surface area (Å²) in [6.45, 7) is 1.35. The second-order valence-corrected chi connectivity index (χ2v) is 5.90. The van der Waals surface area contributed by atoms with Crippen LogP contribution in [0.5, 0.6) is 0 Å². The van der Waals surface area contributed by atoms with Crippen LogP contribution in [-0.2, 0) is 0 Å². The topological polar surface area (TPSA) is 121 Å². The Morgan fingerprint density at radius 1 is 0.565 bits per heavy atom. The molecular formula is C17H38O6. The van der Waals surface area contributed by atoms with Crippen molar-refractivity contribution in [2.75, 3.05) is 19.8 Å². The van der Waals surface area contributed by atoms with E-state index in [1.54, 1.807) is 0 Å². The largest absolute Gasteiger partial charge is 0.396 e. The van der Waals surface area contributed by atoms with E-state index in [9.17, 15) is 0 Å². The first-order valence-corrected chi connectivity index (χ1v) is 8.91. The minimum absolute atomic E-state index is 0.372. The van der Waals surface area contributed by atoms with E-state index in [1.165, 1.54) is 57.8 Å². The zero-order valence-corrected chi connectivity index (χ0v) is 14.6. The highest BCUT2D eigenvalue weighted by Gasteiger charge is 2.22. The Hall–Kier alpha value is -0.240. The lowest BCUT2D eigenvalue weighted by molar-refractivity contribution is -0.0900. The highest BCUT2D eigenvalue weighted by Crippen LogP contribution is 2.10. The Bertz CT molecular complexity index is 195. The highest BCUT2D eigenvalue weighted by atomic mass is 16.4. The number of hydrogen-bond donors (Lipinski definition) is 6. The summed E-state index contributed by atoms with van der Waals surface area (Å²) >= 11 is 0. The van der Waals surface area contributed by atoms with Gasteiger partial charge < -0.3 is 30.6 Å². The molecule has 3 atom stereocenters. The van der Waals surface area contributed by atoms with E-state index in [0.29, 0.717) is 6.61 Å². The Morgan fingerprint density at radius 3 is 1.22 bits per heavy atom. The summed E-state index contributed by atoms with van der Waals surface area (Å²) in [6, 6.07) is 0. The van der Waals surface area contributed by atoms with Crippen LogP contribution in [-0.4, -0.2) is 68.8 Å². The first-order valence-electron chi connectivity index (χ1n) is 8.91. The highest BCUT2D eigenvalue weighted by molar-refractivity contribution is 4.73. The summed E-state index contributed by atoms with van der Waals surface area (Å²) in [4.78, 5) is 0. The maximum absolute atomic E-state index is 8.77. The second-order valence-electron chi connectivity index (χ2n) is 5.90. The van der Waals surface area contributed by atoms with Crippen LogP contribution in [0.1, 0.15) is 71.1 Å². The molecule has 23 heavy (non-hydrogen) atoms. The van der Waals surface area contributed by atoms with Crippen LogP contribution in [0, 0.1) is 0 Å². The number of hydrogen-bond acceptors (Lipinski definition) is 6. The van der Waals surface area contributed by atoms with E-state index in [2.05, 4.69) is 6.92 Å². The third-order valence-corrected chi connectivity index (χ3v) is 3.67. The molecule has 0 aromatic rings. The molecule has 0 radical (unpaired) electrons. The van der Waals surface area contributed by atoms with Gasteiger partial charge >= 0.3 is 0 Å². The van der Waals surface area contributed by atoms with Crippen LogP contribution in [0.15, 0.2) is 0 Å². The molecule has 0 bridgehead atoms. The molecule has 6 N–H and O–H groups in total. The third kappa shape index (κ3) is 17.9. The van der Waals surface area contributed by atoms with Crippen LogP contribution in [0.2, 0.25) is 0 Å². The zero-order chi connectivity index (χ0) is 17.9. The first-order chi connectivity index (χ1) is 11.0. The quantitative estimate of drug-likeness (QED) is 0.262. The first kappa shape index (κ1) is 25.0. The molecule has 0 aromatic heterocycles. The molecule has 0 rings (SSSR count). The van der Waals surface area contributed by atoms with E-state index in [4.69, 9.17) is 30.6 Å². The normalized spacial score (nSPS) is 14.7. The Morgan fingerprint density at radius 2 is 0.913 bits per heavy atom. The summed E-state index contributed by atoms with van der Waals surface area (Å²) in [7, 11) is 0. The lowest BCUT2D eigenvalue weighted by Gasteiger charge is -2.19. The fourth-order valence-electron chi connectivity index (χ4n) is 2.07. The standard InChI is InChI=1S/C12H26O.C5H12O5/c1-2-3-4-5-6-7-8-9-10-11-12-13;6-1-3(8)5(10)4(9)2-7/h13H,2-12H2,1H3;3-10H,1-2H2/t;3-,4+,5?. The van der Waals surface area contributed by atoms with Crippen molar-refractivity contribution in [2.45, 2.75) is 89.4 Å². The molecule has 6 nitrogen and oxygen atoms in total. The van der Waals surface area contributed by atoms with Crippen molar-refractivity contribution in [1.82, 2.24) is 0 Å². The minimum Gasteiger partial charge on any atom is -0.396 e. The van der Waals surface area contributed by atoms with E-state index >= 15 is 0 Å². The van der Waals surface area contributed by atoms with Crippen molar-refractivity contribution in [3.8, 4) is 0 Å². The molecule has 0 heterocycles. The molecule has 0 saturated carbocycles. The number of unbranched alkanes of at least 4 members (excludes halogenated alkanes) is 9. The van der Waals surface area contributed by atoms with E-state index < -0.39 is 31.5 Å². The molecule has 0 fully saturated rings. The predicted octanol–water partition coefficient (Wildman–Crippen LogP) is 0.953. The average molecular weight is 338 g/mol. The summed E-state index contributed by atoms with van der Waals surface area (Å²) in [5, 5.41) is 51.1. The summed E-state index contributed by atoms with van der Waals surface area (Å²) in [5.41, 5.74) is 0. The molecule has 6 heteroatoms. The van der Waals surface area contributed by atoms with Gasteiger partial charge in [0.15, 0.2) is 0 Å². The number of aliphatic hydroxyl groups is 6. The fourth-order valence-corrected chi connectivity index (χ4v) is 2.07. The summed E-state index contributed by atoms with van der Waals surface area (Å²) in [6.07, 6.45) is 9.01. The molecule has 0 amide bonds. The molecular weight excluding hydrogens is 300 g/mol. The summed E-state index contributed by atoms with van der Waals surface area (Å²) < 4.78 is 0. The maximum atomic E-state index is 8.77. The van der Waals surface area contributed by atoms with Crippen molar-refractivity contribution in [1.29, 1.82) is 0 Å². The SMILES string of the molecule is CCCCCCCCCCCCO.OC[C@@H](O)C(O)[C@@H](O)CO. The molecule has 0 saturated heterocycles. The van der Waals surface area contributed by atoms with Crippen molar-refractivity contribution < 1.29 is 30.6 Å². The molecule has 0 aliphatic carbocycles. The van der Waals surface area contributed by atoms with Crippen LogP contribution in [0.3, 0.4) is 0 Å². The van der Waals surface area contributed by atoms with Crippen molar-refractivity contribution in [3.05, 3.63) is 0 Å². The fraction of sp³-hybridized carbons (Fsp3) is 1.00. The van der Waals surface area contributed by atoms with Gasteiger partial charge in [0.05, 0.1) is 13.2 Å². The maximum Gasteiger partial charge on any atom is 0.110 e. The van der Waals surface area contributed by atoms with Crippen LogP contribution in [0.25, 0.3) is 0 Å². The van der Waals surface area contributed by atoms with E-state index in [0.717, 1.165) is 6.42 Å². The Balaban J connectivity index is 0. The predicted molar refractivity (Wildman–Crippen MR) is 91.1 cm³/mol. The lowest BCUT2D eigenvalue weighted by Crippen LogP contribution is -2.41. The van der Waals surface area contributed by atoms with Gasteiger partial charge in [-0.15, -0.1) is 0 Å². The molecule has 142 valence electrons. The van der Waals surface area contributed by atoms with Crippen molar-refractivity contribution in [2.24, 2.45) is 0 Å². The van der Waals surface area contributed by atoms with Gasteiger partial charge in [-0.05, 0) is 6.42 Å². The minimum atomic E-state index is -1.49. The van der Waals surface area contributed by atoms with E-state index in [-0.39, 0.29) is 0 Å². The molecule has 0 spiro atoms. The lowest BCUT2D eigenvalue weighted by atomic mass is 10.1. The van der Waals surface area contributed by atoms with Crippen LogP contribution in [0.4, 0.5) is 0 Å². The van der Waals surface area contributed by atoms with Crippen molar-refractivity contribution >= 4 is 0 Å². The number of rotatable bonds is 14. The molecule has 1 unspecified atom stereocenters. The van der Waals surface area contributed by atoms with Crippen LogP contribution >= 0.6 is 0 Å².